The lowest BCUT2D eigenvalue weighted by molar-refractivity contribution is -0.121. The Morgan fingerprint density at radius 3 is 2.23 bits per heavy atom. The van der Waals surface area contributed by atoms with Crippen LogP contribution in [0.3, 0.4) is 0 Å². The third-order valence-corrected chi connectivity index (χ3v) is 8.66. The number of amides is 1. The predicted molar refractivity (Wildman–Crippen MR) is 156 cm³/mol. The molecule has 0 aliphatic rings. The average Bonchev–Trinajstić information content (AvgIpc) is 2.96. The molecular formula is C32H35N3O3S. The number of hydrogen-bond acceptors (Lipinski definition) is 4. The molecule has 1 atom stereocenters. The van der Waals surface area contributed by atoms with Crippen molar-refractivity contribution in [2.24, 2.45) is 5.73 Å². The van der Waals surface area contributed by atoms with Gasteiger partial charge in [0.1, 0.15) is 0 Å². The van der Waals surface area contributed by atoms with Crippen molar-refractivity contribution in [1.29, 1.82) is 0 Å². The molecule has 39 heavy (non-hydrogen) atoms. The Labute approximate surface area is 231 Å². The minimum absolute atomic E-state index is 0.110. The van der Waals surface area contributed by atoms with Crippen molar-refractivity contribution in [2.75, 3.05) is 13.1 Å². The predicted octanol–water partition coefficient (Wildman–Crippen LogP) is 5.23. The molecular weight excluding hydrogens is 506 g/mol. The summed E-state index contributed by atoms with van der Waals surface area (Å²) in [5, 5.41) is 2.87. The smallest absolute Gasteiger partial charge is 0.243 e. The Balaban J connectivity index is 1.56. The molecule has 1 amide bonds. The molecule has 0 saturated heterocycles. The maximum absolute atomic E-state index is 13.8. The van der Waals surface area contributed by atoms with Crippen LogP contribution >= 0.6 is 0 Å². The number of carbonyl (C=O) groups excluding carboxylic acids is 1. The summed E-state index contributed by atoms with van der Waals surface area (Å²) in [6.07, 6.45) is 0. The molecule has 1 unspecified atom stereocenters. The van der Waals surface area contributed by atoms with Gasteiger partial charge in [-0.1, -0.05) is 97.9 Å². The minimum atomic E-state index is -3.95. The van der Waals surface area contributed by atoms with Gasteiger partial charge in [0.2, 0.25) is 15.9 Å². The number of benzene rings is 4. The highest BCUT2D eigenvalue weighted by Crippen LogP contribution is 2.27. The van der Waals surface area contributed by atoms with E-state index in [1.807, 2.05) is 105 Å². The molecule has 0 saturated carbocycles. The molecule has 0 radical (unpaired) electrons. The number of carbonyl (C=O) groups is 1. The third-order valence-electron chi connectivity index (χ3n) is 6.83. The minimum Gasteiger partial charge on any atom is -0.351 e. The Bertz CT molecular complexity index is 1500. The van der Waals surface area contributed by atoms with Gasteiger partial charge in [0.25, 0.3) is 0 Å². The molecule has 0 bridgehead atoms. The van der Waals surface area contributed by atoms with Crippen molar-refractivity contribution < 1.29 is 13.2 Å². The second kappa shape index (κ2) is 12.8. The fourth-order valence-corrected chi connectivity index (χ4v) is 6.06. The highest BCUT2D eigenvalue weighted by molar-refractivity contribution is 7.89. The summed E-state index contributed by atoms with van der Waals surface area (Å²) >= 11 is 0. The quantitative estimate of drug-likeness (QED) is 0.272. The molecule has 0 fully saturated rings. The summed E-state index contributed by atoms with van der Waals surface area (Å²) in [4.78, 5) is 13.2. The van der Waals surface area contributed by atoms with E-state index in [2.05, 4.69) is 5.32 Å². The van der Waals surface area contributed by atoms with E-state index in [4.69, 9.17) is 5.73 Å². The largest absolute Gasteiger partial charge is 0.351 e. The molecule has 0 aromatic heterocycles. The van der Waals surface area contributed by atoms with Crippen LogP contribution in [0.15, 0.2) is 108 Å². The Kier molecular flexibility index (Phi) is 9.30. The lowest BCUT2D eigenvalue weighted by Gasteiger charge is -2.25. The number of nitrogens with one attached hydrogen (secondary N) is 1. The van der Waals surface area contributed by atoms with E-state index in [0.717, 1.165) is 33.4 Å². The second-order valence-corrected chi connectivity index (χ2v) is 11.7. The van der Waals surface area contributed by atoms with Gasteiger partial charge in [-0.3, -0.25) is 4.79 Å². The van der Waals surface area contributed by atoms with E-state index in [-0.39, 0.29) is 29.8 Å². The van der Waals surface area contributed by atoms with Gasteiger partial charge >= 0.3 is 0 Å². The third kappa shape index (κ3) is 7.20. The first kappa shape index (κ1) is 28.2. The zero-order valence-corrected chi connectivity index (χ0v) is 23.2. The summed E-state index contributed by atoms with van der Waals surface area (Å²) in [7, 11) is -3.95. The van der Waals surface area contributed by atoms with Gasteiger partial charge in [-0.25, -0.2) is 8.42 Å². The first-order valence-electron chi connectivity index (χ1n) is 13.0. The maximum atomic E-state index is 13.8. The van der Waals surface area contributed by atoms with E-state index >= 15 is 0 Å². The molecule has 0 aliphatic carbocycles. The van der Waals surface area contributed by atoms with Crippen molar-refractivity contribution in [3.63, 3.8) is 0 Å². The van der Waals surface area contributed by atoms with Crippen molar-refractivity contribution >= 4 is 15.9 Å². The van der Waals surface area contributed by atoms with Crippen LogP contribution in [-0.4, -0.2) is 31.7 Å². The molecule has 202 valence electrons. The highest BCUT2D eigenvalue weighted by Gasteiger charge is 2.28. The SMILES string of the molecule is Cc1ccccc1-c1ccc(S(=O)(=O)N(CC(=O)NCc2cccc(CN)c2)CC(C)c2ccccc2)cc1. The molecule has 7 heteroatoms. The topological polar surface area (TPSA) is 92.5 Å². The summed E-state index contributed by atoms with van der Waals surface area (Å²) in [5.74, 6) is -0.477. The first-order valence-corrected chi connectivity index (χ1v) is 14.5. The van der Waals surface area contributed by atoms with Gasteiger partial charge in [0.05, 0.1) is 11.4 Å². The molecule has 3 N–H and O–H groups in total. The summed E-state index contributed by atoms with van der Waals surface area (Å²) in [6.45, 7) is 4.58. The number of nitrogens with zero attached hydrogens (tertiary/aromatic N) is 1. The van der Waals surface area contributed by atoms with Crippen LogP contribution in [0.2, 0.25) is 0 Å². The molecule has 4 aromatic rings. The van der Waals surface area contributed by atoms with Gasteiger partial charge < -0.3 is 11.1 Å². The van der Waals surface area contributed by atoms with Crippen LogP contribution in [0, 0.1) is 6.92 Å². The van der Waals surface area contributed by atoms with Crippen LogP contribution in [-0.2, 0) is 27.9 Å². The van der Waals surface area contributed by atoms with Crippen LogP contribution in [0.25, 0.3) is 11.1 Å². The number of aryl methyl sites for hydroxylation is 1. The van der Waals surface area contributed by atoms with Crippen molar-refractivity contribution in [2.45, 2.75) is 37.8 Å². The van der Waals surface area contributed by atoms with E-state index in [1.54, 1.807) is 12.1 Å². The summed E-state index contributed by atoms with van der Waals surface area (Å²) < 4.78 is 29.0. The van der Waals surface area contributed by atoms with Crippen LogP contribution in [0.1, 0.15) is 35.1 Å². The molecule has 6 nitrogen and oxygen atoms in total. The van der Waals surface area contributed by atoms with Gasteiger partial charge in [-0.2, -0.15) is 4.31 Å². The zero-order valence-electron chi connectivity index (χ0n) is 22.4. The van der Waals surface area contributed by atoms with Crippen molar-refractivity contribution in [3.05, 3.63) is 125 Å². The highest BCUT2D eigenvalue weighted by atomic mass is 32.2. The Morgan fingerprint density at radius 1 is 0.872 bits per heavy atom. The number of rotatable bonds is 11. The molecule has 4 aromatic carbocycles. The lowest BCUT2D eigenvalue weighted by atomic mass is 10.0. The fourth-order valence-electron chi connectivity index (χ4n) is 4.58. The lowest BCUT2D eigenvalue weighted by Crippen LogP contribution is -2.42. The normalized spacial score (nSPS) is 12.3. The van der Waals surface area contributed by atoms with Gasteiger partial charge in [-0.15, -0.1) is 0 Å². The zero-order chi connectivity index (χ0) is 27.8. The standard InChI is InChI=1S/C32H35N3O3S/c1-24-9-6-7-14-31(24)29-15-17-30(18-16-29)39(37,38)35(22-25(2)28-12-4-3-5-13-28)23-32(36)34-21-27-11-8-10-26(19-27)20-33/h3-19,25H,20-23,33H2,1-2H3,(H,34,36). The number of nitrogens with two attached hydrogens (primary N) is 1. The molecule has 0 aliphatic heterocycles. The van der Waals surface area contributed by atoms with E-state index in [1.165, 1.54) is 4.31 Å². The number of hydrogen-bond donors (Lipinski definition) is 2. The van der Waals surface area contributed by atoms with Gasteiger partial charge in [-0.05, 0) is 58.4 Å². The van der Waals surface area contributed by atoms with Crippen molar-refractivity contribution in [3.8, 4) is 11.1 Å². The first-order chi connectivity index (χ1) is 18.8. The number of sulfonamides is 1. The van der Waals surface area contributed by atoms with Crippen molar-refractivity contribution in [1.82, 2.24) is 9.62 Å². The van der Waals surface area contributed by atoms with Crippen LogP contribution in [0.4, 0.5) is 0 Å². The van der Waals surface area contributed by atoms with E-state index < -0.39 is 10.0 Å². The summed E-state index contributed by atoms with van der Waals surface area (Å²) in [6, 6.07) is 32.2. The second-order valence-electron chi connectivity index (χ2n) is 9.75. The monoisotopic (exact) mass is 541 g/mol. The van der Waals surface area contributed by atoms with E-state index in [0.29, 0.717) is 13.1 Å². The van der Waals surface area contributed by atoms with Crippen LogP contribution in [0.5, 0.6) is 0 Å². The fraction of sp³-hybridized carbons (Fsp3) is 0.219. The molecule has 4 rings (SSSR count). The Hall–Kier alpha value is -3.78. The molecule has 0 spiro atoms. The van der Waals surface area contributed by atoms with Crippen LogP contribution < -0.4 is 11.1 Å². The maximum Gasteiger partial charge on any atom is 0.243 e. The van der Waals surface area contributed by atoms with Gasteiger partial charge in [0, 0.05) is 19.6 Å². The average molecular weight is 542 g/mol. The summed E-state index contributed by atoms with van der Waals surface area (Å²) in [5.41, 5.74) is 11.7. The van der Waals surface area contributed by atoms with E-state index in [9.17, 15) is 13.2 Å². The van der Waals surface area contributed by atoms with Gasteiger partial charge in [0.15, 0.2) is 0 Å². The molecule has 0 heterocycles. The Morgan fingerprint density at radius 2 is 1.54 bits per heavy atom.